The van der Waals surface area contributed by atoms with Gasteiger partial charge >= 0.3 is 0 Å². The standard InChI is InChI=1S/C19H32N.C2H6/c1-9-13-20(7,8)17-15-19(5,6)12-11-18(3,4)14-16(17)10-2;1-2/h10-12,14-15H,2,9,13H2,1,3-8H3;1-2H3/q+1;/b12-11-,16-14-,17-15+;. The van der Waals surface area contributed by atoms with Crippen LogP contribution in [-0.4, -0.2) is 25.1 Å². The summed E-state index contributed by atoms with van der Waals surface area (Å²) in [5.41, 5.74) is 2.78. The zero-order chi connectivity index (χ0) is 17.6. The summed E-state index contributed by atoms with van der Waals surface area (Å²) in [7, 11) is 4.59. The smallest absolute Gasteiger partial charge is 0.136 e. The van der Waals surface area contributed by atoms with E-state index in [1.54, 1.807) is 0 Å². The maximum Gasteiger partial charge on any atom is 0.136 e. The molecule has 1 aliphatic carbocycles. The van der Waals surface area contributed by atoms with Crippen LogP contribution in [0, 0.1) is 10.8 Å². The number of hydrogen-bond donors (Lipinski definition) is 0. The molecule has 0 saturated carbocycles. The van der Waals surface area contributed by atoms with Crippen LogP contribution in [0.4, 0.5) is 0 Å². The maximum absolute atomic E-state index is 4.05. The van der Waals surface area contributed by atoms with Crippen molar-refractivity contribution >= 4 is 0 Å². The van der Waals surface area contributed by atoms with Gasteiger partial charge in [-0.15, -0.1) is 0 Å². The molecule has 0 unspecified atom stereocenters. The second-order valence-corrected chi connectivity index (χ2v) is 7.72. The van der Waals surface area contributed by atoms with Crippen molar-refractivity contribution in [2.24, 2.45) is 10.8 Å². The van der Waals surface area contributed by atoms with Crippen LogP contribution < -0.4 is 0 Å². The van der Waals surface area contributed by atoms with Crippen molar-refractivity contribution in [3.05, 3.63) is 48.2 Å². The number of nitrogens with zero attached hydrogens (tertiary/aromatic N) is 1. The van der Waals surface area contributed by atoms with Gasteiger partial charge < -0.3 is 0 Å². The topological polar surface area (TPSA) is 0 Å². The van der Waals surface area contributed by atoms with E-state index in [0.717, 1.165) is 11.0 Å². The van der Waals surface area contributed by atoms with E-state index in [-0.39, 0.29) is 10.8 Å². The Balaban J connectivity index is 0.00000211. The van der Waals surface area contributed by atoms with Crippen molar-refractivity contribution < 1.29 is 4.48 Å². The predicted octanol–water partition coefficient (Wildman–Crippen LogP) is 6.12. The van der Waals surface area contributed by atoms with E-state index in [9.17, 15) is 0 Å². The first-order valence-corrected chi connectivity index (χ1v) is 8.65. The van der Waals surface area contributed by atoms with Crippen LogP contribution in [0.25, 0.3) is 0 Å². The minimum absolute atomic E-state index is 0.0620. The van der Waals surface area contributed by atoms with Gasteiger partial charge in [0.1, 0.15) is 5.70 Å². The molecule has 0 atom stereocenters. The Morgan fingerprint density at radius 2 is 1.45 bits per heavy atom. The fraction of sp³-hybridized carbons (Fsp3) is 0.619. The van der Waals surface area contributed by atoms with Crippen molar-refractivity contribution in [1.29, 1.82) is 0 Å². The van der Waals surface area contributed by atoms with Crippen molar-refractivity contribution in [3.63, 3.8) is 0 Å². The summed E-state index contributed by atoms with van der Waals surface area (Å²) in [5.74, 6) is 0. The molecule has 0 aromatic heterocycles. The lowest BCUT2D eigenvalue weighted by molar-refractivity contribution is -0.850. The summed E-state index contributed by atoms with van der Waals surface area (Å²) in [6.07, 6.45) is 12.6. The second kappa shape index (κ2) is 7.97. The van der Waals surface area contributed by atoms with Crippen LogP contribution in [0.15, 0.2) is 48.2 Å². The van der Waals surface area contributed by atoms with Gasteiger partial charge in [0.05, 0.1) is 20.6 Å². The Morgan fingerprint density at radius 1 is 1.00 bits per heavy atom. The number of hydrogen-bond acceptors (Lipinski definition) is 0. The molecule has 22 heavy (non-hydrogen) atoms. The highest BCUT2D eigenvalue weighted by Crippen LogP contribution is 2.36. The van der Waals surface area contributed by atoms with E-state index in [1.165, 1.54) is 17.7 Å². The highest BCUT2D eigenvalue weighted by atomic mass is 15.3. The highest BCUT2D eigenvalue weighted by Gasteiger charge is 2.29. The third-order valence-corrected chi connectivity index (χ3v) is 3.93. The molecule has 0 fully saturated rings. The van der Waals surface area contributed by atoms with E-state index in [1.807, 2.05) is 19.9 Å². The van der Waals surface area contributed by atoms with Crippen LogP contribution in [0.1, 0.15) is 54.9 Å². The molecule has 1 rings (SSSR count). The van der Waals surface area contributed by atoms with Crippen molar-refractivity contribution in [2.75, 3.05) is 20.6 Å². The third-order valence-electron chi connectivity index (χ3n) is 3.93. The van der Waals surface area contributed by atoms with Gasteiger partial charge in [-0.05, 0) is 12.5 Å². The summed E-state index contributed by atoms with van der Waals surface area (Å²) in [6.45, 7) is 20.5. The van der Waals surface area contributed by atoms with Gasteiger partial charge in [-0.1, -0.05) is 79.3 Å². The van der Waals surface area contributed by atoms with Gasteiger partial charge in [0.15, 0.2) is 0 Å². The number of likely N-dealkylation sites (N-methyl/N-ethyl adjacent to an activating group) is 1. The van der Waals surface area contributed by atoms with Gasteiger partial charge in [0.25, 0.3) is 0 Å². The second-order valence-electron chi connectivity index (χ2n) is 7.72. The summed E-state index contributed by atoms with van der Waals surface area (Å²) in [5, 5.41) is 0. The molecular weight excluding hydrogens is 266 g/mol. The van der Waals surface area contributed by atoms with Gasteiger partial charge in [0, 0.05) is 16.4 Å². The lowest BCUT2D eigenvalue weighted by Gasteiger charge is -2.36. The van der Waals surface area contributed by atoms with Gasteiger partial charge in [-0.25, -0.2) is 0 Å². The van der Waals surface area contributed by atoms with E-state index >= 15 is 0 Å². The number of rotatable bonds is 4. The van der Waals surface area contributed by atoms with Gasteiger partial charge in [-0.3, -0.25) is 4.48 Å². The Morgan fingerprint density at radius 3 is 1.86 bits per heavy atom. The van der Waals surface area contributed by atoms with E-state index < -0.39 is 0 Å². The molecule has 1 heteroatoms. The van der Waals surface area contributed by atoms with Crippen LogP contribution >= 0.6 is 0 Å². The molecular formula is C21H38N+. The van der Waals surface area contributed by atoms with E-state index in [0.29, 0.717) is 0 Å². The Hall–Kier alpha value is -1.08. The third kappa shape index (κ3) is 5.96. The first kappa shape index (κ1) is 20.9. The highest BCUT2D eigenvalue weighted by molar-refractivity contribution is 5.40. The summed E-state index contributed by atoms with van der Waals surface area (Å²) < 4.78 is 0.904. The average molecular weight is 305 g/mol. The zero-order valence-corrected chi connectivity index (χ0v) is 16.5. The van der Waals surface area contributed by atoms with Gasteiger partial charge in [0.2, 0.25) is 0 Å². The lowest BCUT2D eigenvalue weighted by Crippen LogP contribution is -2.40. The monoisotopic (exact) mass is 304 g/mol. The lowest BCUT2D eigenvalue weighted by atomic mass is 9.80. The fourth-order valence-electron chi connectivity index (χ4n) is 2.80. The molecule has 0 radical (unpaired) electrons. The largest absolute Gasteiger partial charge is 0.296 e. The number of allylic oxidation sites excluding steroid dienone is 5. The van der Waals surface area contributed by atoms with Crippen molar-refractivity contribution in [1.82, 2.24) is 0 Å². The predicted molar refractivity (Wildman–Crippen MR) is 102 cm³/mol. The molecule has 0 aromatic rings. The molecule has 0 spiro atoms. The molecule has 0 aliphatic heterocycles. The zero-order valence-electron chi connectivity index (χ0n) is 16.5. The van der Waals surface area contributed by atoms with E-state index in [4.69, 9.17) is 0 Å². The van der Waals surface area contributed by atoms with Gasteiger partial charge in [-0.2, -0.15) is 0 Å². The van der Waals surface area contributed by atoms with Crippen LogP contribution in [0.5, 0.6) is 0 Å². The molecule has 0 heterocycles. The molecule has 126 valence electrons. The van der Waals surface area contributed by atoms with Crippen molar-refractivity contribution in [2.45, 2.75) is 54.9 Å². The maximum atomic E-state index is 4.05. The summed E-state index contributed by atoms with van der Waals surface area (Å²) in [6, 6.07) is 0. The molecule has 1 nitrogen and oxygen atoms in total. The van der Waals surface area contributed by atoms with Crippen LogP contribution in [0.2, 0.25) is 0 Å². The normalized spacial score (nSPS) is 26.0. The molecule has 0 aromatic carbocycles. The number of quaternary nitrogens is 1. The van der Waals surface area contributed by atoms with E-state index in [2.05, 4.69) is 79.6 Å². The molecule has 0 amide bonds. The Bertz CT molecular complexity index is 456. The minimum atomic E-state index is 0.0620. The fourth-order valence-corrected chi connectivity index (χ4v) is 2.80. The molecule has 0 N–H and O–H groups in total. The first-order valence-electron chi connectivity index (χ1n) is 8.65. The summed E-state index contributed by atoms with van der Waals surface area (Å²) >= 11 is 0. The van der Waals surface area contributed by atoms with Crippen molar-refractivity contribution in [3.8, 4) is 0 Å². The molecule has 0 bridgehead atoms. The first-order chi connectivity index (χ1) is 10.0. The summed E-state index contributed by atoms with van der Waals surface area (Å²) in [4.78, 5) is 0. The SMILES string of the molecule is C=CC1=C/C(C)(C)/C=C\C(C)(C)/C=C\1[N+](C)(C)CCC.CC. The average Bonchev–Trinajstić information content (AvgIpc) is 2.42. The quantitative estimate of drug-likeness (QED) is 0.433. The van der Waals surface area contributed by atoms with Crippen LogP contribution in [0.3, 0.4) is 0 Å². The Kier molecular flexibility index (Phi) is 7.57. The molecule has 1 aliphatic rings. The van der Waals surface area contributed by atoms with Crippen LogP contribution in [-0.2, 0) is 0 Å². The Labute approximate surface area is 139 Å². The minimum Gasteiger partial charge on any atom is -0.296 e. The molecule has 0 saturated heterocycles.